The van der Waals surface area contributed by atoms with E-state index in [0.29, 0.717) is 19.5 Å². The van der Waals surface area contributed by atoms with Gasteiger partial charge in [0.1, 0.15) is 0 Å². The monoisotopic (exact) mass is 188 g/mol. The summed E-state index contributed by atoms with van der Waals surface area (Å²) in [6.45, 7) is 1.72. The average Bonchev–Trinajstić information content (AvgIpc) is 2.08. The summed E-state index contributed by atoms with van der Waals surface area (Å²) in [7, 11) is 0. The van der Waals surface area contributed by atoms with Gasteiger partial charge in [0, 0.05) is 32.4 Å². The molecule has 0 spiro atoms. The van der Waals surface area contributed by atoms with Gasteiger partial charge in [0.2, 0.25) is 0 Å². The van der Waals surface area contributed by atoms with E-state index in [4.69, 9.17) is 5.26 Å². The van der Waals surface area contributed by atoms with Gasteiger partial charge < -0.3 is 4.90 Å². The van der Waals surface area contributed by atoms with E-state index in [2.05, 4.69) is 0 Å². The van der Waals surface area contributed by atoms with E-state index in [9.17, 15) is 8.78 Å². The fraction of sp³-hybridized carbons (Fsp3) is 0.889. The molecule has 0 aromatic heterocycles. The van der Waals surface area contributed by atoms with Gasteiger partial charge in [-0.05, 0) is 13.0 Å². The minimum Gasteiger partial charge on any atom is -0.303 e. The lowest BCUT2D eigenvalue weighted by molar-refractivity contribution is -0.0550. The normalized spacial score (nSPS) is 22.5. The molecule has 1 rings (SSSR count). The molecule has 1 heterocycles. The third kappa shape index (κ3) is 3.69. The van der Waals surface area contributed by atoms with Crippen LogP contribution in [0.15, 0.2) is 0 Å². The van der Waals surface area contributed by atoms with Crippen LogP contribution in [0.2, 0.25) is 0 Å². The highest BCUT2D eigenvalue weighted by Crippen LogP contribution is 2.27. The molecule has 0 atom stereocenters. The lowest BCUT2D eigenvalue weighted by atomic mass is 10.1. The highest BCUT2D eigenvalue weighted by Gasteiger charge is 2.33. The van der Waals surface area contributed by atoms with E-state index in [-0.39, 0.29) is 12.8 Å². The first-order valence-corrected chi connectivity index (χ1v) is 4.61. The lowest BCUT2D eigenvalue weighted by Gasteiger charge is -2.31. The van der Waals surface area contributed by atoms with Crippen molar-refractivity contribution in [3.8, 4) is 6.07 Å². The molecule has 1 fully saturated rings. The van der Waals surface area contributed by atoms with Crippen LogP contribution in [-0.4, -0.2) is 30.5 Å². The number of nitrogens with zero attached hydrogens (tertiary/aromatic N) is 2. The molecule has 1 aliphatic heterocycles. The largest absolute Gasteiger partial charge is 0.303 e. The molecular formula is C9H14F2N2. The van der Waals surface area contributed by atoms with Crippen LogP contribution >= 0.6 is 0 Å². The number of nitriles is 1. The van der Waals surface area contributed by atoms with Crippen molar-refractivity contribution in [3.05, 3.63) is 0 Å². The summed E-state index contributed by atoms with van der Waals surface area (Å²) in [6.07, 6.45) is 1.26. The van der Waals surface area contributed by atoms with Gasteiger partial charge in [-0.1, -0.05) is 0 Å². The number of halogens is 2. The van der Waals surface area contributed by atoms with Gasteiger partial charge in [0.05, 0.1) is 6.07 Å². The Hall–Kier alpha value is -0.690. The summed E-state index contributed by atoms with van der Waals surface area (Å²) >= 11 is 0. The van der Waals surface area contributed by atoms with Crippen molar-refractivity contribution in [2.24, 2.45) is 0 Å². The summed E-state index contributed by atoms with van der Waals surface area (Å²) < 4.78 is 25.4. The second-order valence-corrected chi connectivity index (χ2v) is 3.46. The molecular weight excluding hydrogens is 174 g/mol. The first-order valence-electron chi connectivity index (χ1n) is 4.61. The Morgan fingerprint density at radius 3 is 2.46 bits per heavy atom. The molecule has 1 aliphatic rings. The van der Waals surface area contributed by atoms with Crippen LogP contribution in [0.3, 0.4) is 0 Å². The van der Waals surface area contributed by atoms with Crippen LogP contribution in [0.4, 0.5) is 8.78 Å². The predicted molar refractivity (Wildman–Crippen MR) is 45.5 cm³/mol. The van der Waals surface area contributed by atoms with Crippen LogP contribution in [0, 0.1) is 11.3 Å². The van der Waals surface area contributed by atoms with E-state index in [1.54, 1.807) is 0 Å². The number of rotatable bonds is 3. The van der Waals surface area contributed by atoms with Crippen LogP contribution in [0.1, 0.15) is 25.7 Å². The molecule has 0 radical (unpaired) electrons. The average molecular weight is 188 g/mol. The molecule has 0 aliphatic carbocycles. The highest BCUT2D eigenvalue weighted by molar-refractivity contribution is 4.78. The van der Waals surface area contributed by atoms with Crippen molar-refractivity contribution in [1.29, 1.82) is 5.26 Å². The minimum atomic E-state index is -2.45. The van der Waals surface area contributed by atoms with E-state index in [0.717, 1.165) is 13.0 Å². The molecule has 0 aromatic carbocycles. The van der Waals surface area contributed by atoms with Crippen LogP contribution < -0.4 is 0 Å². The standard InChI is InChI=1S/C9H14F2N2/c10-9(11)3-7-13(8-4-9)6-2-1-5-12/h1-4,6-8H2. The van der Waals surface area contributed by atoms with Crippen LogP contribution in [0.5, 0.6) is 0 Å². The maximum Gasteiger partial charge on any atom is 0.250 e. The topological polar surface area (TPSA) is 27.0 Å². The van der Waals surface area contributed by atoms with Gasteiger partial charge in [-0.25, -0.2) is 8.78 Å². The lowest BCUT2D eigenvalue weighted by Crippen LogP contribution is -2.39. The van der Waals surface area contributed by atoms with Crippen LogP contribution in [-0.2, 0) is 0 Å². The van der Waals surface area contributed by atoms with E-state index >= 15 is 0 Å². The molecule has 0 amide bonds. The van der Waals surface area contributed by atoms with Crippen molar-refractivity contribution >= 4 is 0 Å². The Balaban J connectivity index is 2.15. The molecule has 13 heavy (non-hydrogen) atoms. The quantitative estimate of drug-likeness (QED) is 0.633. The SMILES string of the molecule is N#CCCCN1CCC(F)(F)CC1. The van der Waals surface area contributed by atoms with Gasteiger partial charge >= 0.3 is 0 Å². The third-order valence-electron chi connectivity index (χ3n) is 2.35. The van der Waals surface area contributed by atoms with E-state index in [1.807, 2.05) is 11.0 Å². The van der Waals surface area contributed by atoms with E-state index in [1.165, 1.54) is 0 Å². The molecule has 0 bridgehead atoms. The molecule has 0 unspecified atom stereocenters. The first kappa shape index (κ1) is 10.4. The summed E-state index contributed by atoms with van der Waals surface area (Å²) in [5.41, 5.74) is 0. The van der Waals surface area contributed by atoms with Gasteiger partial charge in [0.15, 0.2) is 0 Å². The molecule has 0 saturated carbocycles. The second-order valence-electron chi connectivity index (χ2n) is 3.46. The van der Waals surface area contributed by atoms with Crippen molar-refractivity contribution < 1.29 is 8.78 Å². The molecule has 0 aromatic rings. The minimum absolute atomic E-state index is 0.0282. The number of piperidine rings is 1. The number of likely N-dealkylation sites (tertiary alicyclic amines) is 1. The van der Waals surface area contributed by atoms with Gasteiger partial charge in [-0.3, -0.25) is 0 Å². The van der Waals surface area contributed by atoms with Gasteiger partial charge in [-0.2, -0.15) is 5.26 Å². The molecule has 4 heteroatoms. The zero-order chi connectivity index (χ0) is 9.73. The fourth-order valence-corrected chi connectivity index (χ4v) is 1.49. The number of hydrogen-bond acceptors (Lipinski definition) is 2. The number of unbranched alkanes of at least 4 members (excludes halogenated alkanes) is 1. The first-order chi connectivity index (χ1) is 6.14. The Labute approximate surface area is 77.1 Å². The summed E-state index contributed by atoms with van der Waals surface area (Å²) in [5.74, 6) is -2.45. The third-order valence-corrected chi connectivity index (χ3v) is 2.35. The van der Waals surface area contributed by atoms with E-state index < -0.39 is 5.92 Å². The smallest absolute Gasteiger partial charge is 0.250 e. The predicted octanol–water partition coefficient (Wildman–Crippen LogP) is 2.02. The summed E-state index contributed by atoms with van der Waals surface area (Å²) in [6, 6.07) is 2.05. The number of hydrogen-bond donors (Lipinski definition) is 0. The highest BCUT2D eigenvalue weighted by atomic mass is 19.3. The van der Waals surface area contributed by atoms with Crippen LogP contribution in [0.25, 0.3) is 0 Å². The Kier molecular flexibility index (Phi) is 3.61. The summed E-state index contributed by atoms with van der Waals surface area (Å²) in [4.78, 5) is 2.01. The zero-order valence-corrected chi connectivity index (χ0v) is 7.60. The molecule has 0 N–H and O–H groups in total. The van der Waals surface area contributed by atoms with Crippen molar-refractivity contribution in [3.63, 3.8) is 0 Å². The summed E-state index contributed by atoms with van der Waals surface area (Å²) in [5, 5.41) is 8.29. The Bertz CT molecular complexity index is 188. The Morgan fingerprint density at radius 1 is 1.31 bits per heavy atom. The maximum absolute atomic E-state index is 12.7. The van der Waals surface area contributed by atoms with Crippen molar-refractivity contribution in [2.75, 3.05) is 19.6 Å². The second kappa shape index (κ2) is 4.52. The Morgan fingerprint density at radius 2 is 1.92 bits per heavy atom. The van der Waals surface area contributed by atoms with Gasteiger partial charge in [-0.15, -0.1) is 0 Å². The molecule has 1 saturated heterocycles. The number of alkyl halides is 2. The molecule has 2 nitrogen and oxygen atoms in total. The molecule has 74 valence electrons. The van der Waals surface area contributed by atoms with Crippen molar-refractivity contribution in [1.82, 2.24) is 4.90 Å². The van der Waals surface area contributed by atoms with Gasteiger partial charge in [0.25, 0.3) is 5.92 Å². The zero-order valence-electron chi connectivity index (χ0n) is 7.60. The fourth-order valence-electron chi connectivity index (χ4n) is 1.49. The van der Waals surface area contributed by atoms with Crippen molar-refractivity contribution in [2.45, 2.75) is 31.6 Å². The maximum atomic E-state index is 12.7.